The maximum absolute atomic E-state index is 10.9. The fourth-order valence-electron chi connectivity index (χ4n) is 1.32. The number of carbonyl (C=O) groups is 1. The fourth-order valence-corrected chi connectivity index (χ4v) is 1.32. The largest absolute Gasteiger partial charge is 0.478 e. The van der Waals surface area contributed by atoms with Crippen molar-refractivity contribution < 1.29 is 15.4 Å². The van der Waals surface area contributed by atoms with Gasteiger partial charge < -0.3 is 10.6 Å². The molecule has 1 rings (SSSR count). The Morgan fingerprint density at radius 2 is 1.71 bits per heavy atom. The van der Waals surface area contributed by atoms with Crippen molar-refractivity contribution in [2.24, 2.45) is 0 Å². The smallest absolute Gasteiger partial charge is 0.335 e. The summed E-state index contributed by atoms with van der Waals surface area (Å²) in [6.07, 6.45) is 0. The molecule has 3 heteroatoms. The second kappa shape index (κ2) is 4.24. The first-order valence-corrected chi connectivity index (χ1v) is 4.26. The van der Waals surface area contributed by atoms with E-state index in [2.05, 4.69) is 0 Å². The van der Waals surface area contributed by atoms with Gasteiger partial charge in [-0.15, -0.1) is 0 Å². The van der Waals surface area contributed by atoms with Crippen LogP contribution in [0.5, 0.6) is 0 Å². The molecular weight excluding hydrogens is 180 g/mol. The van der Waals surface area contributed by atoms with Gasteiger partial charge in [-0.1, -0.05) is 39.0 Å². The molecule has 0 saturated heterocycles. The van der Waals surface area contributed by atoms with Crippen LogP contribution in [0.1, 0.15) is 36.7 Å². The van der Waals surface area contributed by atoms with Crippen molar-refractivity contribution in [3.63, 3.8) is 0 Å². The summed E-state index contributed by atoms with van der Waals surface area (Å²) in [5.41, 5.74) is 1.16. The molecule has 0 saturated carbocycles. The van der Waals surface area contributed by atoms with E-state index in [4.69, 9.17) is 5.11 Å². The molecule has 0 amide bonds. The van der Waals surface area contributed by atoms with E-state index in [1.807, 2.05) is 32.9 Å². The van der Waals surface area contributed by atoms with Gasteiger partial charge in [0, 0.05) is 0 Å². The molecule has 1 aromatic carbocycles. The number of rotatable bonds is 1. The maximum Gasteiger partial charge on any atom is 0.335 e. The van der Waals surface area contributed by atoms with Crippen molar-refractivity contribution in [1.29, 1.82) is 0 Å². The molecule has 0 bridgehead atoms. The van der Waals surface area contributed by atoms with Crippen molar-refractivity contribution in [2.45, 2.75) is 26.2 Å². The molecule has 0 aromatic heterocycles. The van der Waals surface area contributed by atoms with Gasteiger partial charge >= 0.3 is 5.97 Å². The van der Waals surface area contributed by atoms with Gasteiger partial charge in [-0.25, -0.2) is 4.79 Å². The maximum atomic E-state index is 10.9. The van der Waals surface area contributed by atoms with Crippen LogP contribution >= 0.6 is 0 Å². The SMILES string of the molecule is CC(C)(C)c1ccccc1C(=O)O.O. The summed E-state index contributed by atoms with van der Waals surface area (Å²) in [4.78, 5) is 10.9. The summed E-state index contributed by atoms with van der Waals surface area (Å²) in [5.74, 6) is -0.856. The van der Waals surface area contributed by atoms with E-state index in [0.29, 0.717) is 5.56 Å². The molecule has 0 atom stereocenters. The van der Waals surface area contributed by atoms with Gasteiger partial charge in [-0.05, 0) is 17.0 Å². The number of hydrogen-bond donors (Lipinski definition) is 1. The van der Waals surface area contributed by atoms with E-state index in [1.165, 1.54) is 0 Å². The van der Waals surface area contributed by atoms with Gasteiger partial charge in [-0.2, -0.15) is 0 Å². The summed E-state index contributed by atoms with van der Waals surface area (Å²) < 4.78 is 0. The summed E-state index contributed by atoms with van der Waals surface area (Å²) >= 11 is 0. The van der Waals surface area contributed by atoms with Gasteiger partial charge in [0.1, 0.15) is 0 Å². The highest BCUT2D eigenvalue weighted by molar-refractivity contribution is 5.89. The highest BCUT2D eigenvalue weighted by atomic mass is 16.4. The molecule has 0 aliphatic heterocycles. The van der Waals surface area contributed by atoms with Crippen LogP contribution in [0.15, 0.2) is 24.3 Å². The normalized spacial score (nSPS) is 10.5. The molecule has 0 heterocycles. The van der Waals surface area contributed by atoms with E-state index in [0.717, 1.165) is 5.56 Å². The van der Waals surface area contributed by atoms with Crippen molar-refractivity contribution in [3.05, 3.63) is 35.4 Å². The Bertz CT molecular complexity index is 324. The Hall–Kier alpha value is -1.35. The molecule has 3 N–H and O–H groups in total. The molecule has 0 aliphatic rings. The predicted octanol–water partition coefficient (Wildman–Crippen LogP) is 1.86. The third-order valence-electron chi connectivity index (χ3n) is 1.97. The molecule has 0 spiro atoms. The third kappa shape index (κ3) is 2.57. The molecule has 0 radical (unpaired) electrons. The van der Waals surface area contributed by atoms with Crippen molar-refractivity contribution in [2.75, 3.05) is 0 Å². The summed E-state index contributed by atoms with van der Waals surface area (Å²) in [5, 5.41) is 8.93. The lowest BCUT2D eigenvalue weighted by atomic mass is 9.84. The lowest BCUT2D eigenvalue weighted by molar-refractivity contribution is 0.0694. The van der Waals surface area contributed by atoms with Crippen molar-refractivity contribution in [3.8, 4) is 0 Å². The van der Waals surface area contributed by atoms with Gasteiger partial charge in [-0.3, -0.25) is 0 Å². The van der Waals surface area contributed by atoms with E-state index in [-0.39, 0.29) is 10.9 Å². The lowest BCUT2D eigenvalue weighted by Crippen LogP contribution is -2.16. The molecular formula is C11H16O3. The number of hydrogen-bond acceptors (Lipinski definition) is 1. The molecule has 78 valence electrons. The van der Waals surface area contributed by atoms with E-state index in [9.17, 15) is 4.79 Å². The molecule has 0 aliphatic carbocycles. The van der Waals surface area contributed by atoms with Crippen LogP contribution in [-0.2, 0) is 5.41 Å². The first-order valence-electron chi connectivity index (χ1n) is 4.26. The van der Waals surface area contributed by atoms with E-state index >= 15 is 0 Å². The van der Waals surface area contributed by atoms with Crippen LogP contribution < -0.4 is 0 Å². The highest BCUT2D eigenvalue weighted by Gasteiger charge is 2.20. The van der Waals surface area contributed by atoms with Crippen LogP contribution in [0.4, 0.5) is 0 Å². The second-order valence-corrected chi connectivity index (χ2v) is 4.10. The average molecular weight is 196 g/mol. The molecule has 0 unspecified atom stereocenters. The zero-order valence-corrected chi connectivity index (χ0v) is 8.66. The Balaban J connectivity index is 0.00000169. The number of carboxylic acids is 1. The topological polar surface area (TPSA) is 68.8 Å². The molecule has 1 aromatic rings. The molecule has 14 heavy (non-hydrogen) atoms. The zero-order chi connectivity index (χ0) is 10.1. The first kappa shape index (κ1) is 12.7. The number of carboxylic acid groups (broad SMARTS) is 1. The molecule has 0 fully saturated rings. The van der Waals surface area contributed by atoms with Crippen LogP contribution in [0.2, 0.25) is 0 Å². The Morgan fingerprint density at radius 3 is 2.07 bits per heavy atom. The van der Waals surface area contributed by atoms with Crippen LogP contribution in [0, 0.1) is 0 Å². The monoisotopic (exact) mass is 196 g/mol. The summed E-state index contributed by atoms with van der Waals surface area (Å²) in [7, 11) is 0. The minimum absolute atomic E-state index is 0. The number of aromatic carboxylic acids is 1. The van der Waals surface area contributed by atoms with Gasteiger partial charge in [0.15, 0.2) is 0 Å². The lowest BCUT2D eigenvalue weighted by Gasteiger charge is -2.20. The average Bonchev–Trinajstić information content (AvgIpc) is 2.03. The van der Waals surface area contributed by atoms with E-state index in [1.54, 1.807) is 12.1 Å². The van der Waals surface area contributed by atoms with E-state index < -0.39 is 5.97 Å². The Kier molecular flexibility index (Phi) is 3.83. The van der Waals surface area contributed by atoms with Crippen molar-refractivity contribution >= 4 is 5.97 Å². The summed E-state index contributed by atoms with van der Waals surface area (Å²) in [6.45, 7) is 6.03. The standard InChI is InChI=1S/C11H14O2.H2O/c1-11(2,3)9-7-5-4-6-8(9)10(12)13;/h4-7H,1-3H3,(H,12,13);1H2. The van der Waals surface area contributed by atoms with Crippen LogP contribution in [0.25, 0.3) is 0 Å². The highest BCUT2D eigenvalue weighted by Crippen LogP contribution is 2.25. The molecule has 3 nitrogen and oxygen atoms in total. The van der Waals surface area contributed by atoms with Crippen molar-refractivity contribution in [1.82, 2.24) is 0 Å². The minimum atomic E-state index is -0.856. The third-order valence-corrected chi connectivity index (χ3v) is 1.97. The fraction of sp³-hybridized carbons (Fsp3) is 0.364. The Morgan fingerprint density at radius 1 is 1.21 bits per heavy atom. The van der Waals surface area contributed by atoms with Gasteiger partial charge in [0.25, 0.3) is 0 Å². The summed E-state index contributed by atoms with van der Waals surface area (Å²) in [6, 6.07) is 7.12. The first-order chi connectivity index (χ1) is 5.93. The second-order valence-electron chi connectivity index (χ2n) is 4.10. The Labute approximate surface area is 83.7 Å². The zero-order valence-electron chi connectivity index (χ0n) is 8.66. The van der Waals surface area contributed by atoms with Gasteiger partial charge in [0.05, 0.1) is 5.56 Å². The minimum Gasteiger partial charge on any atom is -0.478 e. The predicted molar refractivity (Wildman–Crippen MR) is 55.7 cm³/mol. The quantitative estimate of drug-likeness (QED) is 0.744. The van der Waals surface area contributed by atoms with Gasteiger partial charge in [0.2, 0.25) is 0 Å². The number of benzene rings is 1. The van der Waals surface area contributed by atoms with Crippen LogP contribution in [0.3, 0.4) is 0 Å². The van der Waals surface area contributed by atoms with Crippen LogP contribution in [-0.4, -0.2) is 16.6 Å².